The predicted molar refractivity (Wildman–Crippen MR) is 80.0 cm³/mol. The summed E-state index contributed by atoms with van der Waals surface area (Å²) in [6.07, 6.45) is 0. The molecule has 1 aromatic heterocycles. The lowest BCUT2D eigenvalue weighted by Crippen LogP contribution is -2.21. The van der Waals surface area contributed by atoms with E-state index in [0.29, 0.717) is 11.1 Å². The first-order chi connectivity index (χ1) is 8.75. The molecule has 1 atom stereocenters. The second-order valence-electron chi connectivity index (χ2n) is 6.00. The fourth-order valence-electron chi connectivity index (χ4n) is 1.61. The van der Waals surface area contributed by atoms with E-state index < -0.39 is 0 Å². The van der Waals surface area contributed by atoms with Crippen molar-refractivity contribution < 1.29 is 4.74 Å². The van der Waals surface area contributed by atoms with Gasteiger partial charge >= 0.3 is 0 Å². The van der Waals surface area contributed by atoms with Crippen molar-refractivity contribution in [2.75, 3.05) is 25.6 Å². The van der Waals surface area contributed by atoms with Crippen molar-refractivity contribution in [1.29, 1.82) is 0 Å². The highest BCUT2D eigenvalue weighted by atomic mass is 35.5. The third kappa shape index (κ3) is 4.62. The van der Waals surface area contributed by atoms with Crippen molar-refractivity contribution in [2.45, 2.75) is 40.0 Å². The van der Waals surface area contributed by atoms with Gasteiger partial charge in [-0.3, -0.25) is 0 Å². The molecular formula is C14H24ClN3O. The monoisotopic (exact) mass is 285 g/mol. The Morgan fingerprint density at radius 3 is 2.47 bits per heavy atom. The number of nitrogens with zero attached hydrogens (tertiary/aromatic N) is 2. The van der Waals surface area contributed by atoms with Crippen LogP contribution >= 0.6 is 11.6 Å². The van der Waals surface area contributed by atoms with Crippen LogP contribution in [-0.2, 0) is 10.2 Å². The molecule has 0 aliphatic rings. The maximum Gasteiger partial charge on any atom is 0.137 e. The summed E-state index contributed by atoms with van der Waals surface area (Å²) in [5.74, 6) is 1.98. The minimum Gasteiger partial charge on any atom is -0.384 e. The first kappa shape index (κ1) is 16.2. The molecule has 5 heteroatoms. The zero-order valence-electron chi connectivity index (χ0n) is 12.7. The van der Waals surface area contributed by atoms with Gasteiger partial charge in [-0.2, -0.15) is 0 Å². The molecule has 1 N–H and O–H groups in total. The number of aromatic nitrogens is 2. The molecule has 0 spiro atoms. The minimum absolute atomic E-state index is 0.119. The largest absolute Gasteiger partial charge is 0.384 e. The van der Waals surface area contributed by atoms with Gasteiger partial charge in [0.2, 0.25) is 0 Å². The van der Waals surface area contributed by atoms with E-state index in [1.54, 1.807) is 7.11 Å². The van der Waals surface area contributed by atoms with Crippen molar-refractivity contribution in [1.82, 2.24) is 9.97 Å². The fourth-order valence-corrected chi connectivity index (χ4v) is 1.78. The van der Waals surface area contributed by atoms with Gasteiger partial charge in [-0.15, -0.1) is 0 Å². The second kappa shape index (κ2) is 6.53. The van der Waals surface area contributed by atoms with E-state index in [0.717, 1.165) is 30.4 Å². The first-order valence-corrected chi connectivity index (χ1v) is 6.91. The van der Waals surface area contributed by atoms with E-state index in [-0.39, 0.29) is 5.41 Å². The van der Waals surface area contributed by atoms with Crippen LogP contribution in [0.3, 0.4) is 0 Å². The molecule has 0 aliphatic carbocycles. The standard InChI is InChI=1S/C14H24ClN3O/c1-9(8-19-6)7-16-12-10(2)11(15)17-13(18-12)14(3,4)5/h9H,7-8H2,1-6H3,(H,16,17,18). The molecule has 0 amide bonds. The van der Waals surface area contributed by atoms with Gasteiger partial charge in [0.15, 0.2) is 0 Å². The minimum atomic E-state index is -0.119. The van der Waals surface area contributed by atoms with Crippen LogP contribution in [0.1, 0.15) is 39.1 Å². The van der Waals surface area contributed by atoms with Gasteiger partial charge in [0.25, 0.3) is 0 Å². The summed E-state index contributed by atoms with van der Waals surface area (Å²) in [5, 5.41) is 3.85. The van der Waals surface area contributed by atoms with Crippen LogP contribution in [0.5, 0.6) is 0 Å². The highest BCUT2D eigenvalue weighted by molar-refractivity contribution is 6.30. The molecule has 0 radical (unpaired) electrons. The molecule has 4 nitrogen and oxygen atoms in total. The van der Waals surface area contributed by atoms with Gasteiger partial charge in [-0.05, 0) is 12.8 Å². The van der Waals surface area contributed by atoms with Crippen LogP contribution < -0.4 is 5.32 Å². The molecule has 0 aromatic carbocycles. The number of nitrogens with one attached hydrogen (secondary N) is 1. The summed E-state index contributed by atoms with van der Waals surface area (Å²) in [4.78, 5) is 8.95. The van der Waals surface area contributed by atoms with E-state index in [1.165, 1.54) is 0 Å². The SMILES string of the molecule is COCC(C)CNc1nc(C(C)(C)C)nc(Cl)c1C. The molecule has 108 valence electrons. The van der Waals surface area contributed by atoms with E-state index >= 15 is 0 Å². The zero-order chi connectivity index (χ0) is 14.6. The smallest absolute Gasteiger partial charge is 0.137 e. The number of hydrogen-bond donors (Lipinski definition) is 1. The molecule has 1 rings (SSSR count). The normalized spacial score (nSPS) is 13.4. The Balaban J connectivity index is 2.91. The Hall–Kier alpha value is -0.870. The van der Waals surface area contributed by atoms with Gasteiger partial charge in [0.05, 0.1) is 6.61 Å². The number of ether oxygens (including phenoxy) is 1. The summed E-state index contributed by atoms with van der Waals surface area (Å²) in [6, 6.07) is 0. The molecule has 0 saturated carbocycles. The van der Waals surface area contributed by atoms with Crippen LogP contribution in [0, 0.1) is 12.8 Å². The molecular weight excluding hydrogens is 262 g/mol. The van der Waals surface area contributed by atoms with Crippen LogP contribution in [-0.4, -0.2) is 30.2 Å². The second-order valence-corrected chi connectivity index (χ2v) is 6.36. The third-order valence-electron chi connectivity index (χ3n) is 2.83. The number of methoxy groups -OCH3 is 1. The zero-order valence-corrected chi connectivity index (χ0v) is 13.4. The molecule has 1 unspecified atom stereocenters. The van der Waals surface area contributed by atoms with Crippen molar-refractivity contribution in [3.63, 3.8) is 0 Å². The number of rotatable bonds is 5. The highest BCUT2D eigenvalue weighted by Crippen LogP contribution is 2.26. The Bertz CT molecular complexity index is 429. The maximum absolute atomic E-state index is 6.19. The van der Waals surface area contributed by atoms with Crippen molar-refractivity contribution >= 4 is 17.4 Å². The number of halogens is 1. The fraction of sp³-hybridized carbons (Fsp3) is 0.714. The van der Waals surface area contributed by atoms with Crippen LogP contribution in [0.15, 0.2) is 0 Å². The Labute approximate surface area is 120 Å². The lowest BCUT2D eigenvalue weighted by atomic mass is 9.95. The van der Waals surface area contributed by atoms with E-state index in [2.05, 4.69) is 43.0 Å². The van der Waals surface area contributed by atoms with Crippen molar-refractivity contribution in [3.05, 3.63) is 16.5 Å². The molecule has 0 saturated heterocycles. The van der Waals surface area contributed by atoms with Gasteiger partial charge in [-0.25, -0.2) is 9.97 Å². The van der Waals surface area contributed by atoms with Gasteiger partial charge in [0, 0.05) is 24.6 Å². The van der Waals surface area contributed by atoms with Crippen LogP contribution in [0.2, 0.25) is 5.15 Å². The molecule has 0 bridgehead atoms. The lowest BCUT2D eigenvalue weighted by Gasteiger charge is -2.20. The highest BCUT2D eigenvalue weighted by Gasteiger charge is 2.20. The van der Waals surface area contributed by atoms with Gasteiger partial charge in [-0.1, -0.05) is 39.3 Å². The van der Waals surface area contributed by atoms with Crippen LogP contribution in [0.25, 0.3) is 0 Å². The number of anilines is 1. The Morgan fingerprint density at radius 1 is 1.32 bits per heavy atom. The van der Waals surface area contributed by atoms with Gasteiger partial charge < -0.3 is 10.1 Å². The average molecular weight is 286 g/mol. The summed E-state index contributed by atoms with van der Waals surface area (Å²) >= 11 is 6.19. The van der Waals surface area contributed by atoms with E-state index in [9.17, 15) is 0 Å². The number of hydrogen-bond acceptors (Lipinski definition) is 4. The molecule has 0 fully saturated rings. The van der Waals surface area contributed by atoms with E-state index in [4.69, 9.17) is 16.3 Å². The quantitative estimate of drug-likeness (QED) is 0.842. The molecule has 19 heavy (non-hydrogen) atoms. The van der Waals surface area contributed by atoms with E-state index in [1.807, 2.05) is 6.92 Å². The predicted octanol–water partition coefficient (Wildman–Crippen LogP) is 3.43. The van der Waals surface area contributed by atoms with Crippen molar-refractivity contribution in [3.8, 4) is 0 Å². The van der Waals surface area contributed by atoms with Crippen molar-refractivity contribution in [2.24, 2.45) is 5.92 Å². The maximum atomic E-state index is 6.19. The Kier molecular flexibility index (Phi) is 5.56. The average Bonchev–Trinajstić information content (AvgIpc) is 2.30. The molecule has 1 heterocycles. The lowest BCUT2D eigenvalue weighted by molar-refractivity contribution is 0.164. The summed E-state index contributed by atoms with van der Waals surface area (Å²) < 4.78 is 5.13. The Morgan fingerprint density at radius 2 is 1.95 bits per heavy atom. The van der Waals surface area contributed by atoms with Crippen LogP contribution in [0.4, 0.5) is 5.82 Å². The summed E-state index contributed by atoms with van der Waals surface area (Å²) in [6.45, 7) is 11.8. The first-order valence-electron chi connectivity index (χ1n) is 6.53. The van der Waals surface area contributed by atoms with Gasteiger partial charge in [0.1, 0.15) is 16.8 Å². The summed E-state index contributed by atoms with van der Waals surface area (Å²) in [5.41, 5.74) is 0.769. The topological polar surface area (TPSA) is 47.0 Å². The third-order valence-corrected chi connectivity index (χ3v) is 3.19. The molecule has 1 aromatic rings. The molecule has 0 aliphatic heterocycles. The summed E-state index contributed by atoms with van der Waals surface area (Å²) in [7, 11) is 1.71.